The first-order valence-electron chi connectivity index (χ1n) is 12.3. The van der Waals surface area contributed by atoms with Crippen LogP contribution in [0, 0.1) is 5.82 Å². The van der Waals surface area contributed by atoms with E-state index in [4.69, 9.17) is 4.74 Å². The van der Waals surface area contributed by atoms with E-state index in [0.29, 0.717) is 31.7 Å². The lowest BCUT2D eigenvalue weighted by Gasteiger charge is -2.26. The predicted octanol–water partition coefficient (Wildman–Crippen LogP) is 1.93. The summed E-state index contributed by atoms with van der Waals surface area (Å²) in [6.45, 7) is 3.45. The number of fused-ring (bicyclic) bond motifs is 1. The molecule has 2 amide bonds. The molecular weight excluding hydrogens is 533 g/mol. The van der Waals surface area contributed by atoms with Gasteiger partial charge >= 0.3 is 6.09 Å². The van der Waals surface area contributed by atoms with Crippen molar-refractivity contribution in [3.63, 3.8) is 0 Å². The summed E-state index contributed by atoms with van der Waals surface area (Å²) in [5.74, 6) is -1.63. The first kappa shape index (κ1) is 29.8. The van der Waals surface area contributed by atoms with Gasteiger partial charge in [-0.2, -0.15) is 0 Å². The molecule has 39 heavy (non-hydrogen) atoms. The molecule has 210 valence electrons. The van der Waals surface area contributed by atoms with Crippen molar-refractivity contribution in [3.05, 3.63) is 69.4 Å². The number of rotatable bonds is 9. The van der Waals surface area contributed by atoms with Crippen LogP contribution < -0.4 is 10.9 Å². The lowest BCUT2D eigenvalue weighted by atomic mass is 10.1. The number of morpholine rings is 1. The fourth-order valence-corrected chi connectivity index (χ4v) is 4.29. The number of carboxylic acid groups (broad SMARTS) is 1. The number of carbonyl (C=O) groups is 2. The zero-order valence-corrected chi connectivity index (χ0v) is 22.2. The Hall–Kier alpha value is -3.74. The predicted molar refractivity (Wildman–Crippen MR) is 144 cm³/mol. The number of nitrogens with one attached hydrogen (secondary N) is 1. The highest BCUT2D eigenvalue weighted by atomic mass is 35.5. The highest BCUT2D eigenvalue weighted by Gasteiger charge is 2.24. The number of carbonyl (C=O) groups excluding carboxylic acids is 1. The van der Waals surface area contributed by atoms with Crippen LogP contribution in [0.2, 0.25) is 0 Å². The highest BCUT2D eigenvalue weighted by molar-refractivity contribution is 6.01. The molecule has 0 radical (unpaired) electrons. The Morgan fingerprint density at radius 2 is 1.85 bits per heavy atom. The van der Waals surface area contributed by atoms with E-state index in [9.17, 15) is 29.0 Å². The number of amides is 2. The van der Waals surface area contributed by atoms with E-state index in [1.807, 2.05) is 0 Å². The number of benzene rings is 1. The molecule has 1 fully saturated rings. The minimum Gasteiger partial charge on any atom is -0.505 e. The summed E-state index contributed by atoms with van der Waals surface area (Å²) in [6.07, 6.45) is 0.734. The van der Waals surface area contributed by atoms with Crippen LogP contribution in [0.5, 0.6) is 5.75 Å². The summed E-state index contributed by atoms with van der Waals surface area (Å²) in [4.78, 5) is 45.3. The van der Waals surface area contributed by atoms with Gasteiger partial charge in [0, 0.05) is 52.5 Å². The number of pyridine rings is 2. The second-order valence-electron chi connectivity index (χ2n) is 9.11. The maximum atomic E-state index is 13.5. The molecule has 1 aliphatic heterocycles. The summed E-state index contributed by atoms with van der Waals surface area (Å²) in [6, 6.07) is 7.62. The zero-order chi connectivity index (χ0) is 27.2. The Bertz CT molecular complexity index is 1380. The molecule has 0 unspecified atom stereocenters. The molecule has 0 atom stereocenters. The minimum atomic E-state index is -1.17. The van der Waals surface area contributed by atoms with Crippen LogP contribution in [-0.2, 0) is 17.7 Å². The lowest BCUT2D eigenvalue weighted by Crippen LogP contribution is -2.42. The second kappa shape index (κ2) is 13.4. The molecule has 13 heteroatoms. The third-order valence-electron chi connectivity index (χ3n) is 6.49. The molecule has 0 aliphatic carbocycles. The molecule has 2 aromatic heterocycles. The van der Waals surface area contributed by atoms with Gasteiger partial charge < -0.3 is 29.7 Å². The number of halogens is 2. The van der Waals surface area contributed by atoms with Crippen LogP contribution in [0.15, 0.2) is 41.3 Å². The van der Waals surface area contributed by atoms with E-state index >= 15 is 0 Å². The van der Waals surface area contributed by atoms with Gasteiger partial charge in [-0.25, -0.2) is 9.18 Å². The number of aromatic hydroxyl groups is 1. The first-order chi connectivity index (χ1) is 18.2. The SMILES string of the molecule is CN(CCn1c(=O)c(C(=O)NCCN2CCOCC2)c(O)c2ncc(Cc3ccc(F)cc3)cc21)C(=O)O.Cl. The Labute approximate surface area is 230 Å². The van der Waals surface area contributed by atoms with Gasteiger partial charge in [0.05, 0.1) is 18.7 Å². The normalized spacial score (nSPS) is 13.6. The molecule has 0 bridgehead atoms. The Balaban J connectivity index is 0.00000420. The third-order valence-corrected chi connectivity index (χ3v) is 6.49. The van der Waals surface area contributed by atoms with Crippen LogP contribution in [0.25, 0.3) is 11.0 Å². The fraction of sp³-hybridized carbons (Fsp3) is 0.385. The Kier molecular flexibility index (Phi) is 10.2. The van der Waals surface area contributed by atoms with Gasteiger partial charge in [-0.05, 0) is 35.7 Å². The van der Waals surface area contributed by atoms with Crippen molar-refractivity contribution in [2.75, 3.05) is 53.0 Å². The molecule has 3 aromatic rings. The van der Waals surface area contributed by atoms with Crippen LogP contribution in [0.3, 0.4) is 0 Å². The average Bonchev–Trinajstić information content (AvgIpc) is 2.90. The topological polar surface area (TPSA) is 137 Å². The molecule has 1 saturated heterocycles. The van der Waals surface area contributed by atoms with E-state index in [0.717, 1.165) is 23.6 Å². The molecule has 1 aromatic carbocycles. The molecular formula is C26H31ClFN5O6. The fourth-order valence-electron chi connectivity index (χ4n) is 4.29. The van der Waals surface area contributed by atoms with Crippen LogP contribution in [0.4, 0.5) is 9.18 Å². The molecule has 0 spiro atoms. The average molecular weight is 564 g/mol. The van der Waals surface area contributed by atoms with Crippen LogP contribution in [-0.4, -0.2) is 94.5 Å². The molecule has 4 rings (SSSR count). The van der Waals surface area contributed by atoms with Gasteiger partial charge in [0.2, 0.25) is 0 Å². The van der Waals surface area contributed by atoms with E-state index < -0.39 is 28.9 Å². The summed E-state index contributed by atoms with van der Waals surface area (Å²) in [7, 11) is 1.37. The standard InChI is InChI=1S/C26H30FN5O6.ClH/c1-30(26(36)37)8-9-32-20-15-18(14-17-2-4-19(27)5-3-17)16-29-22(20)23(33)21(25(32)35)24(34)28-6-7-31-10-12-38-13-11-31;/h2-5,15-16,33H,6-14H2,1H3,(H,28,34)(H,36,37);1H. The van der Waals surface area contributed by atoms with Crippen molar-refractivity contribution in [1.29, 1.82) is 0 Å². The molecule has 11 nitrogen and oxygen atoms in total. The van der Waals surface area contributed by atoms with Gasteiger partial charge in [0.25, 0.3) is 11.5 Å². The van der Waals surface area contributed by atoms with Gasteiger partial charge in [-0.15, -0.1) is 12.4 Å². The summed E-state index contributed by atoms with van der Waals surface area (Å²) >= 11 is 0. The van der Waals surface area contributed by atoms with E-state index in [1.54, 1.807) is 18.2 Å². The zero-order valence-electron chi connectivity index (χ0n) is 21.4. The second-order valence-corrected chi connectivity index (χ2v) is 9.11. The van der Waals surface area contributed by atoms with Gasteiger partial charge in [-0.3, -0.25) is 19.5 Å². The monoisotopic (exact) mass is 563 g/mol. The van der Waals surface area contributed by atoms with Gasteiger partial charge in [0.15, 0.2) is 5.75 Å². The van der Waals surface area contributed by atoms with Crippen LogP contribution >= 0.6 is 12.4 Å². The maximum absolute atomic E-state index is 13.5. The van der Waals surface area contributed by atoms with Gasteiger partial charge in [0.1, 0.15) is 16.9 Å². The smallest absolute Gasteiger partial charge is 0.407 e. The van der Waals surface area contributed by atoms with Crippen molar-refractivity contribution < 1.29 is 28.9 Å². The highest BCUT2D eigenvalue weighted by Crippen LogP contribution is 2.26. The number of hydrogen-bond donors (Lipinski definition) is 3. The van der Waals surface area contributed by atoms with Crippen molar-refractivity contribution in [2.24, 2.45) is 0 Å². The quantitative estimate of drug-likeness (QED) is 0.359. The summed E-state index contributed by atoms with van der Waals surface area (Å²) < 4.78 is 19.9. The first-order valence-corrected chi connectivity index (χ1v) is 12.3. The van der Waals surface area contributed by atoms with Crippen molar-refractivity contribution in [1.82, 2.24) is 24.7 Å². The van der Waals surface area contributed by atoms with Crippen molar-refractivity contribution >= 4 is 35.4 Å². The third kappa shape index (κ3) is 7.22. The van der Waals surface area contributed by atoms with Gasteiger partial charge in [-0.1, -0.05) is 12.1 Å². The van der Waals surface area contributed by atoms with Crippen molar-refractivity contribution in [2.45, 2.75) is 13.0 Å². The van der Waals surface area contributed by atoms with E-state index in [2.05, 4.69) is 15.2 Å². The Morgan fingerprint density at radius 1 is 1.15 bits per heavy atom. The molecule has 3 heterocycles. The molecule has 3 N–H and O–H groups in total. The molecule has 1 aliphatic rings. The minimum absolute atomic E-state index is 0. The number of ether oxygens (including phenoxy) is 1. The maximum Gasteiger partial charge on any atom is 0.407 e. The summed E-state index contributed by atoms with van der Waals surface area (Å²) in [5, 5.41) is 22.9. The van der Waals surface area contributed by atoms with E-state index in [1.165, 1.54) is 29.9 Å². The Morgan fingerprint density at radius 3 is 2.51 bits per heavy atom. The van der Waals surface area contributed by atoms with Crippen LogP contribution in [0.1, 0.15) is 21.5 Å². The number of likely N-dealkylation sites (N-methyl/N-ethyl adjacent to an activating group) is 1. The lowest BCUT2D eigenvalue weighted by molar-refractivity contribution is 0.0383. The number of hydrogen-bond acceptors (Lipinski definition) is 7. The van der Waals surface area contributed by atoms with E-state index in [-0.39, 0.29) is 48.9 Å². The number of nitrogens with zero attached hydrogens (tertiary/aromatic N) is 4. The molecule has 0 saturated carbocycles. The largest absolute Gasteiger partial charge is 0.505 e. The number of aromatic nitrogens is 2. The summed E-state index contributed by atoms with van der Waals surface area (Å²) in [5.41, 5.74) is 0.604. The van der Waals surface area contributed by atoms with Crippen molar-refractivity contribution in [3.8, 4) is 5.75 Å².